The molecule has 2 rings (SSSR count). The number of likely N-dealkylation sites (tertiary alicyclic amines) is 1. The maximum absolute atomic E-state index is 12.1. The van der Waals surface area contributed by atoms with Gasteiger partial charge in [0.15, 0.2) is 0 Å². The van der Waals surface area contributed by atoms with Crippen molar-refractivity contribution in [2.45, 2.75) is 51.6 Å². The number of carbonyl (C=O) groups excluding carboxylic acids is 1. The molecule has 0 bridgehead atoms. The van der Waals surface area contributed by atoms with Crippen LogP contribution in [-0.4, -0.2) is 71.6 Å². The largest absolute Gasteiger partial charge is 0.480 e. The molecule has 0 unspecified atom stereocenters. The van der Waals surface area contributed by atoms with Gasteiger partial charge in [0.2, 0.25) is 5.91 Å². The summed E-state index contributed by atoms with van der Waals surface area (Å²) in [4.78, 5) is 27.1. The molecule has 0 atom stereocenters. The quantitative estimate of drug-likeness (QED) is 0.727. The van der Waals surface area contributed by atoms with Crippen LogP contribution in [0.2, 0.25) is 0 Å². The van der Waals surface area contributed by atoms with Crippen molar-refractivity contribution in [2.75, 3.05) is 32.7 Å². The minimum atomic E-state index is -0.784. The van der Waals surface area contributed by atoms with Crippen molar-refractivity contribution >= 4 is 11.9 Å². The van der Waals surface area contributed by atoms with Gasteiger partial charge in [-0.1, -0.05) is 13.8 Å². The van der Waals surface area contributed by atoms with E-state index < -0.39 is 5.97 Å². The Hall–Kier alpha value is -1.14. The fraction of sp³-hybridized carbons (Fsp3) is 0.875. The van der Waals surface area contributed by atoms with E-state index in [1.807, 2.05) is 11.8 Å². The Bertz CT molecular complexity index is 388. The zero-order valence-corrected chi connectivity index (χ0v) is 13.8. The Labute approximate surface area is 132 Å². The van der Waals surface area contributed by atoms with Crippen LogP contribution < -0.4 is 5.32 Å². The molecule has 1 amide bonds. The second-order valence-corrected chi connectivity index (χ2v) is 6.81. The van der Waals surface area contributed by atoms with E-state index in [1.165, 1.54) is 12.8 Å². The lowest BCUT2D eigenvalue weighted by Crippen LogP contribution is -2.56. The van der Waals surface area contributed by atoms with E-state index in [2.05, 4.69) is 17.1 Å². The molecule has 1 aliphatic heterocycles. The summed E-state index contributed by atoms with van der Waals surface area (Å²) in [6, 6.07) is 0.506. The Morgan fingerprint density at radius 1 is 1.27 bits per heavy atom. The molecule has 22 heavy (non-hydrogen) atoms. The molecule has 2 aliphatic rings. The average molecular weight is 311 g/mol. The van der Waals surface area contributed by atoms with Gasteiger partial charge in [0.25, 0.3) is 0 Å². The third kappa shape index (κ3) is 4.95. The summed E-state index contributed by atoms with van der Waals surface area (Å²) >= 11 is 0. The maximum Gasteiger partial charge on any atom is 0.317 e. The fourth-order valence-corrected chi connectivity index (χ4v) is 3.37. The van der Waals surface area contributed by atoms with Gasteiger partial charge in [-0.15, -0.1) is 0 Å². The molecule has 126 valence electrons. The zero-order chi connectivity index (χ0) is 16.1. The van der Waals surface area contributed by atoms with E-state index in [9.17, 15) is 9.59 Å². The van der Waals surface area contributed by atoms with Gasteiger partial charge >= 0.3 is 5.97 Å². The molecule has 6 nitrogen and oxygen atoms in total. The van der Waals surface area contributed by atoms with Gasteiger partial charge in [-0.3, -0.25) is 19.4 Å². The van der Waals surface area contributed by atoms with Crippen LogP contribution in [0.3, 0.4) is 0 Å². The van der Waals surface area contributed by atoms with Gasteiger partial charge in [0.1, 0.15) is 0 Å². The van der Waals surface area contributed by atoms with Crippen molar-refractivity contribution in [1.29, 1.82) is 0 Å². The molecule has 0 radical (unpaired) electrons. The summed E-state index contributed by atoms with van der Waals surface area (Å²) in [5.74, 6) is 0.105. The van der Waals surface area contributed by atoms with E-state index in [0.29, 0.717) is 12.6 Å². The normalized spacial score (nSPS) is 26.7. The smallest absolute Gasteiger partial charge is 0.317 e. The fourth-order valence-electron chi connectivity index (χ4n) is 3.37. The lowest BCUT2D eigenvalue weighted by molar-refractivity contribution is -0.139. The number of nitrogens with zero attached hydrogens (tertiary/aromatic N) is 2. The minimum Gasteiger partial charge on any atom is -0.480 e. The highest BCUT2D eigenvalue weighted by atomic mass is 16.4. The summed E-state index contributed by atoms with van der Waals surface area (Å²) < 4.78 is 0. The molecular weight excluding hydrogens is 282 g/mol. The van der Waals surface area contributed by atoms with Gasteiger partial charge < -0.3 is 10.4 Å². The van der Waals surface area contributed by atoms with Crippen molar-refractivity contribution in [1.82, 2.24) is 15.1 Å². The highest BCUT2D eigenvalue weighted by Crippen LogP contribution is 2.25. The van der Waals surface area contributed by atoms with Gasteiger partial charge in [-0.25, -0.2) is 0 Å². The number of hydrogen-bond acceptors (Lipinski definition) is 4. The molecule has 2 fully saturated rings. The van der Waals surface area contributed by atoms with Gasteiger partial charge in [-0.2, -0.15) is 0 Å². The molecule has 2 N–H and O–H groups in total. The predicted octanol–water partition coefficient (Wildman–Crippen LogP) is 0.772. The molecule has 1 heterocycles. The van der Waals surface area contributed by atoms with Crippen molar-refractivity contribution in [3.05, 3.63) is 0 Å². The lowest BCUT2D eigenvalue weighted by Gasteiger charge is -2.42. The van der Waals surface area contributed by atoms with Crippen LogP contribution in [0.25, 0.3) is 0 Å². The second-order valence-electron chi connectivity index (χ2n) is 6.81. The van der Waals surface area contributed by atoms with E-state index in [0.717, 1.165) is 38.4 Å². The van der Waals surface area contributed by atoms with Crippen LogP contribution in [0.5, 0.6) is 0 Å². The molecular formula is C16H29N3O3. The van der Waals surface area contributed by atoms with Crippen molar-refractivity contribution in [2.24, 2.45) is 5.92 Å². The third-order valence-corrected chi connectivity index (χ3v) is 4.98. The topological polar surface area (TPSA) is 72.9 Å². The molecule has 0 aromatic rings. The Morgan fingerprint density at radius 3 is 2.45 bits per heavy atom. The molecule has 0 aromatic heterocycles. The summed E-state index contributed by atoms with van der Waals surface area (Å²) in [5.41, 5.74) is 0. The van der Waals surface area contributed by atoms with Crippen molar-refractivity contribution < 1.29 is 14.7 Å². The number of carboxylic acids is 1. The number of hydrogen-bond donors (Lipinski definition) is 2. The van der Waals surface area contributed by atoms with Crippen LogP contribution in [0.1, 0.15) is 39.5 Å². The highest BCUT2D eigenvalue weighted by Gasteiger charge is 2.34. The van der Waals surface area contributed by atoms with Crippen molar-refractivity contribution in [3.8, 4) is 0 Å². The zero-order valence-electron chi connectivity index (χ0n) is 13.8. The average Bonchev–Trinajstić information content (AvgIpc) is 2.42. The number of carbonyl (C=O) groups is 2. The Kier molecular flexibility index (Phi) is 6.20. The maximum atomic E-state index is 12.1. The number of likely N-dealkylation sites (N-methyl/N-ethyl adjacent to an activating group) is 1. The first-order valence-electron chi connectivity index (χ1n) is 8.45. The molecule has 1 aliphatic carbocycles. The summed E-state index contributed by atoms with van der Waals surface area (Å²) in [6.45, 7) is 7.61. The van der Waals surface area contributed by atoms with Gasteiger partial charge in [-0.05, 0) is 51.2 Å². The van der Waals surface area contributed by atoms with Crippen LogP contribution in [0.15, 0.2) is 0 Å². The van der Waals surface area contributed by atoms with E-state index >= 15 is 0 Å². The number of amides is 1. The molecule has 0 spiro atoms. The number of rotatable bonds is 7. The second kappa shape index (κ2) is 7.92. The minimum absolute atomic E-state index is 0.0911. The van der Waals surface area contributed by atoms with Gasteiger partial charge in [0, 0.05) is 12.1 Å². The van der Waals surface area contributed by atoms with Crippen LogP contribution >= 0.6 is 0 Å². The lowest BCUT2D eigenvalue weighted by atomic mass is 9.85. The monoisotopic (exact) mass is 311 g/mol. The predicted molar refractivity (Wildman–Crippen MR) is 84.7 cm³/mol. The van der Waals surface area contributed by atoms with Crippen molar-refractivity contribution in [3.63, 3.8) is 0 Å². The number of carboxylic acid groups (broad SMARTS) is 1. The van der Waals surface area contributed by atoms with Crippen LogP contribution in [0.4, 0.5) is 0 Å². The SMILES string of the molecule is CCN(CC(=O)O)C1CC(NC(=O)CN2CCC(C)CC2)C1. The first kappa shape index (κ1) is 17.2. The van der Waals surface area contributed by atoms with Gasteiger partial charge in [0.05, 0.1) is 13.1 Å². The molecule has 6 heteroatoms. The first-order valence-corrected chi connectivity index (χ1v) is 8.45. The molecule has 1 saturated carbocycles. The number of aliphatic carboxylic acids is 1. The summed E-state index contributed by atoms with van der Waals surface area (Å²) in [7, 11) is 0. The Morgan fingerprint density at radius 2 is 1.91 bits per heavy atom. The van der Waals surface area contributed by atoms with Crippen LogP contribution in [-0.2, 0) is 9.59 Å². The van der Waals surface area contributed by atoms with Crippen LogP contribution in [0, 0.1) is 5.92 Å². The summed E-state index contributed by atoms with van der Waals surface area (Å²) in [6.07, 6.45) is 4.09. The van der Waals surface area contributed by atoms with E-state index in [1.54, 1.807) is 0 Å². The highest BCUT2D eigenvalue weighted by molar-refractivity contribution is 5.78. The Balaban J connectivity index is 1.64. The van der Waals surface area contributed by atoms with E-state index in [-0.39, 0.29) is 18.5 Å². The third-order valence-electron chi connectivity index (χ3n) is 4.98. The first-order chi connectivity index (χ1) is 10.5. The molecule has 0 aromatic carbocycles. The standard InChI is InChI=1S/C16H29N3O3/c1-3-19(11-16(21)22)14-8-13(9-14)17-15(20)10-18-6-4-12(2)5-7-18/h12-14H,3-11H2,1-2H3,(H,17,20)(H,21,22). The molecule has 1 saturated heterocycles. The summed E-state index contributed by atoms with van der Waals surface area (Å²) in [5, 5.41) is 12.0. The number of nitrogens with one attached hydrogen (secondary N) is 1. The number of piperidine rings is 1. The van der Waals surface area contributed by atoms with E-state index in [4.69, 9.17) is 5.11 Å².